The number of methoxy groups -OCH3 is 1. The van der Waals surface area contributed by atoms with E-state index in [-0.39, 0.29) is 30.5 Å². The molecule has 0 saturated carbocycles. The van der Waals surface area contributed by atoms with E-state index in [1.807, 2.05) is 0 Å². The maximum Gasteiger partial charge on any atom is 0.335 e. The average Bonchev–Trinajstić information content (AvgIpc) is 2.54. The van der Waals surface area contributed by atoms with Crippen molar-refractivity contribution >= 4 is 23.5 Å². The first-order valence-corrected chi connectivity index (χ1v) is 8.43. The summed E-state index contributed by atoms with van der Waals surface area (Å²) >= 11 is 0. The minimum absolute atomic E-state index is 0.00536. The van der Waals surface area contributed by atoms with Gasteiger partial charge < -0.3 is 20.1 Å². The van der Waals surface area contributed by atoms with Crippen molar-refractivity contribution in [2.45, 2.75) is 38.7 Å². The SMILES string of the molecule is COCc1cc(NC(=O)CN2CCCCCCC2=O)cc(C(=O)O)c1. The molecular weight excluding hydrogens is 324 g/mol. The van der Waals surface area contributed by atoms with Gasteiger partial charge in [0, 0.05) is 25.8 Å². The third kappa shape index (κ3) is 5.86. The van der Waals surface area contributed by atoms with Gasteiger partial charge in [0.1, 0.15) is 0 Å². The minimum Gasteiger partial charge on any atom is -0.478 e. The number of anilines is 1. The molecule has 0 aliphatic carbocycles. The fraction of sp³-hybridized carbons (Fsp3) is 0.500. The monoisotopic (exact) mass is 348 g/mol. The van der Waals surface area contributed by atoms with E-state index in [4.69, 9.17) is 4.74 Å². The van der Waals surface area contributed by atoms with E-state index >= 15 is 0 Å². The molecule has 136 valence electrons. The smallest absolute Gasteiger partial charge is 0.335 e. The van der Waals surface area contributed by atoms with E-state index in [1.54, 1.807) is 11.0 Å². The number of amides is 2. The van der Waals surface area contributed by atoms with Gasteiger partial charge in [-0.1, -0.05) is 12.8 Å². The topological polar surface area (TPSA) is 95.9 Å². The Hall–Kier alpha value is -2.41. The Labute approximate surface area is 147 Å². The zero-order chi connectivity index (χ0) is 18.2. The van der Waals surface area contributed by atoms with Gasteiger partial charge in [-0.2, -0.15) is 0 Å². The molecule has 1 fully saturated rings. The highest BCUT2D eigenvalue weighted by molar-refractivity contribution is 5.96. The number of hydrogen-bond acceptors (Lipinski definition) is 4. The Morgan fingerprint density at radius 3 is 2.68 bits per heavy atom. The Kier molecular flexibility index (Phi) is 6.94. The summed E-state index contributed by atoms with van der Waals surface area (Å²) in [6, 6.07) is 4.57. The summed E-state index contributed by atoms with van der Waals surface area (Å²) < 4.78 is 5.03. The molecule has 0 spiro atoms. The first-order chi connectivity index (χ1) is 12.0. The van der Waals surface area contributed by atoms with E-state index < -0.39 is 5.97 Å². The van der Waals surface area contributed by atoms with Gasteiger partial charge in [0.05, 0.1) is 18.7 Å². The fourth-order valence-corrected chi connectivity index (χ4v) is 2.89. The predicted octanol–water partition coefficient (Wildman–Crippen LogP) is 2.26. The molecule has 1 heterocycles. The first-order valence-electron chi connectivity index (χ1n) is 8.43. The lowest BCUT2D eigenvalue weighted by molar-refractivity contribution is -0.135. The van der Waals surface area contributed by atoms with Crippen LogP contribution < -0.4 is 5.32 Å². The van der Waals surface area contributed by atoms with Gasteiger partial charge in [0.25, 0.3) is 0 Å². The average molecular weight is 348 g/mol. The van der Waals surface area contributed by atoms with Gasteiger partial charge in [-0.05, 0) is 36.6 Å². The van der Waals surface area contributed by atoms with Crippen molar-refractivity contribution in [1.82, 2.24) is 4.90 Å². The lowest BCUT2D eigenvalue weighted by Gasteiger charge is -2.24. The van der Waals surface area contributed by atoms with Gasteiger partial charge >= 0.3 is 5.97 Å². The summed E-state index contributed by atoms with van der Waals surface area (Å²) in [5.41, 5.74) is 1.11. The van der Waals surface area contributed by atoms with Crippen LogP contribution in [-0.2, 0) is 20.9 Å². The van der Waals surface area contributed by atoms with E-state index in [0.29, 0.717) is 24.2 Å². The lowest BCUT2D eigenvalue weighted by Crippen LogP contribution is -2.39. The second-order valence-electron chi connectivity index (χ2n) is 6.18. The van der Waals surface area contributed by atoms with Crippen molar-refractivity contribution < 1.29 is 24.2 Å². The quantitative estimate of drug-likeness (QED) is 0.822. The van der Waals surface area contributed by atoms with Crippen LogP contribution in [0.2, 0.25) is 0 Å². The molecule has 0 aromatic heterocycles. The Balaban J connectivity index is 2.05. The number of aromatic carboxylic acids is 1. The molecule has 2 N–H and O–H groups in total. The fourth-order valence-electron chi connectivity index (χ4n) is 2.89. The number of carbonyl (C=O) groups is 3. The summed E-state index contributed by atoms with van der Waals surface area (Å²) in [4.78, 5) is 37.2. The summed E-state index contributed by atoms with van der Waals surface area (Å²) in [6.07, 6.45) is 4.34. The molecule has 7 heteroatoms. The van der Waals surface area contributed by atoms with Gasteiger partial charge in [-0.3, -0.25) is 9.59 Å². The van der Waals surface area contributed by atoms with Crippen molar-refractivity contribution in [2.24, 2.45) is 0 Å². The molecular formula is C18H24N2O5. The standard InChI is InChI=1S/C18H24N2O5/c1-25-12-13-8-14(18(23)24)10-15(9-13)19-16(21)11-20-7-5-3-2-4-6-17(20)22/h8-10H,2-7,11-12H2,1H3,(H,19,21)(H,23,24). The number of nitrogens with one attached hydrogen (secondary N) is 1. The van der Waals surface area contributed by atoms with Crippen molar-refractivity contribution in [3.05, 3.63) is 29.3 Å². The van der Waals surface area contributed by atoms with Crippen molar-refractivity contribution in [2.75, 3.05) is 25.5 Å². The lowest BCUT2D eigenvalue weighted by atomic mass is 10.1. The van der Waals surface area contributed by atoms with Crippen LogP contribution in [0.25, 0.3) is 0 Å². The zero-order valence-electron chi connectivity index (χ0n) is 14.4. The molecule has 0 unspecified atom stereocenters. The van der Waals surface area contributed by atoms with Crippen molar-refractivity contribution in [1.29, 1.82) is 0 Å². The van der Waals surface area contributed by atoms with Crippen LogP contribution in [0.5, 0.6) is 0 Å². The largest absolute Gasteiger partial charge is 0.478 e. The van der Waals surface area contributed by atoms with Gasteiger partial charge in [0.2, 0.25) is 11.8 Å². The van der Waals surface area contributed by atoms with Crippen LogP contribution in [0.15, 0.2) is 18.2 Å². The van der Waals surface area contributed by atoms with Crippen molar-refractivity contribution in [3.8, 4) is 0 Å². The highest BCUT2D eigenvalue weighted by atomic mass is 16.5. The number of rotatable bonds is 6. The van der Waals surface area contributed by atoms with E-state index in [9.17, 15) is 19.5 Å². The van der Waals surface area contributed by atoms with Crippen LogP contribution >= 0.6 is 0 Å². The van der Waals surface area contributed by atoms with Crippen LogP contribution in [0, 0.1) is 0 Å². The zero-order valence-corrected chi connectivity index (χ0v) is 14.4. The van der Waals surface area contributed by atoms with Crippen LogP contribution in [0.4, 0.5) is 5.69 Å². The number of ether oxygens (including phenoxy) is 1. The number of carboxylic acid groups (broad SMARTS) is 1. The summed E-state index contributed by atoms with van der Waals surface area (Å²) in [5, 5.41) is 11.9. The number of hydrogen-bond donors (Lipinski definition) is 2. The summed E-state index contributed by atoms with van der Waals surface area (Å²) in [6.45, 7) is 0.806. The van der Waals surface area contributed by atoms with E-state index in [0.717, 1.165) is 25.7 Å². The van der Waals surface area contributed by atoms with E-state index in [2.05, 4.69) is 5.32 Å². The Morgan fingerprint density at radius 2 is 1.96 bits per heavy atom. The predicted molar refractivity (Wildman–Crippen MR) is 92.4 cm³/mol. The molecule has 2 amide bonds. The highest BCUT2D eigenvalue weighted by Crippen LogP contribution is 2.17. The Bertz CT molecular complexity index is 644. The third-order valence-electron chi connectivity index (χ3n) is 4.09. The first kappa shape index (κ1) is 18.9. The summed E-state index contributed by atoms with van der Waals surface area (Å²) in [5.74, 6) is -1.42. The molecule has 25 heavy (non-hydrogen) atoms. The van der Waals surface area contributed by atoms with Gasteiger partial charge in [-0.25, -0.2) is 4.79 Å². The molecule has 2 rings (SSSR count). The molecule has 7 nitrogen and oxygen atoms in total. The minimum atomic E-state index is -1.08. The highest BCUT2D eigenvalue weighted by Gasteiger charge is 2.19. The summed E-state index contributed by atoms with van der Waals surface area (Å²) in [7, 11) is 1.51. The van der Waals surface area contributed by atoms with Crippen LogP contribution in [0.3, 0.4) is 0 Å². The molecule has 1 saturated heterocycles. The number of likely N-dealkylation sites (tertiary alicyclic amines) is 1. The molecule has 1 aliphatic rings. The number of carbonyl (C=O) groups excluding carboxylic acids is 2. The second-order valence-corrected chi connectivity index (χ2v) is 6.18. The molecule has 1 aromatic carbocycles. The normalized spacial score (nSPS) is 15.4. The van der Waals surface area contributed by atoms with Crippen LogP contribution in [0.1, 0.15) is 48.0 Å². The number of nitrogens with zero attached hydrogens (tertiary/aromatic N) is 1. The van der Waals surface area contributed by atoms with Gasteiger partial charge in [-0.15, -0.1) is 0 Å². The number of benzene rings is 1. The number of carboxylic acids is 1. The maximum atomic E-state index is 12.3. The maximum absolute atomic E-state index is 12.3. The molecule has 1 aliphatic heterocycles. The molecule has 0 atom stereocenters. The molecule has 0 radical (unpaired) electrons. The molecule has 1 aromatic rings. The van der Waals surface area contributed by atoms with Gasteiger partial charge in [0.15, 0.2) is 0 Å². The second kappa shape index (κ2) is 9.17. The van der Waals surface area contributed by atoms with Crippen LogP contribution in [-0.4, -0.2) is 48.0 Å². The van der Waals surface area contributed by atoms with E-state index in [1.165, 1.54) is 19.2 Å². The Morgan fingerprint density at radius 1 is 1.20 bits per heavy atom. The van der Waals surface area contributed by atoms with Crippen molar-refractivity contribution in [3.63, 3.8) is 0 Å². The third-order valence-corrected chi connectivity index (χ3v) is 4.09. The molecule has 0 bridgehead atoms.